The van der Waals surface area contributed by atoms with Crippen LogP contribution in [0.3, 0.4) is 0 Å². The van der Waals surface area contributed by atoms with Crippen LogP contribution in [-0.2, 0) is 19.9 Å². The number of aryl methyl sites for hydroxylation is 3. The number of rotatable bonds is 4. The molecule has 0 spiro atoms. The van der Waals surface area contributed by atoms with E-state index in [-0.39, 0.29) is 6.04 Å². The lowest BCUT2D eigenvalue weighted by Crippen LogP contribution is -2.21. The fourth-order valence-corrected chi connectivity index (χ4v) is 4.32. The molecule has 0 bridgehead atoms. The van der Waals surface area contributed by atoms with Crippen molar-refractivity contribution >= 4 is 11.3 Å². The molecule has 4 heteroatoms. The molecule has 0 aliphatic heterocycles. The molecule has 0 saturated heterocycles. The van der Waals surface area contributed by atoms with E-state index in [0.717, 1.165) is 12.2 Å². The second-order valence-corrected chi connectivity index (χ2v) is 6.73. The third-order valence-corrected chi connectivity index (χ3v) is 5.29. The minimum atomic E-state index is 0.248. The Morgan fingerprint density at radius 2 is 2.20 bits per heavy atom. The standard InChI is InChI=1S/C16H23N3S/c1-3-17-16(13-9-10-19(2)18-13)15-11-12-7-5-4-6-8-14(12)20-15/h9-11,16-17H,3-8H2,1-2H3. The average Bonchev–Trinajstić information content (AvgIpc) is 2.97. The summed E-state index contributed by atoms with van der Waals surface area (Å²) in [7, 11) is 1.98. The molecule has 0 fully saturated rings. The molecule has 3 nitrogen and oxygen atoms in total. The van der Waals surface area contributed by atoms with E-state index in [9.17, 15) is 0 Å². The van der Waals surface area contributed by atoms with Gasteiger partial charge in [0.2, 0.25) is 0 Å². The van der Waals surface area contributed by atoms with Crippen molar-refractivity contribution in [2.45, 2.75) is 45.1 Å². The molecular weight excluding hydrogens is 266 g/mol. The van der Waals surface area contributed by atoms with E-state index in [2.05, 4.69) is 29.5 Å². The van der Waals surface area contributed by atoms with Gasteiger partial charge in [0.1, 0.15) is 0 Å². The minimum absolute atomic E-state index is 0.248. The van der Waals surface area contributed by atoms with Crippen molar-refractivity contribution in [3.05, 3.63) is 39.3 Å². The topological polar surface area (TPSA) is 29.9 Å². The van der Waals surface area contributed by atoms with E-state index in [0.29, 0.717) is 0 Å². The van der Waals surface area contributed by atoms with Crippen molar-refractivity contribution in [1.82, 2.24) is 15.1 Å². The van der Waals surface area contributed by atoms with Gasteiger partial charge in [0, 0.05) is 23.0 Å². The van der Waals surface area contributed by atoms with Crippen LogP contribution in [0, 0.1) is 0 Å². The average molecular weight is 289 g/mol. The number of thiophene rings is 1. The molecular formula is C16H23N3S. The second-order valence-electron chi connectivity index (χ2n) is 5.56. The first-order chi connectivity index (χ1) is 9.78. The predicted molar refractivity (Wildman–Crippen MR) is 84.3 cm³/mol. The molecule has 0 saturated carbocycles. The highest BCUT2D eigenvalue weighted by Crippen LogP contribution is 2.34. The monoisotopic (exact) mass is 289 g/mol. The normalized spacial score (nSPS) is 16.7. The van der Waals surface area contributed by atoms with Crippen LogP contribution in [-0.4, -0.2) is 16.3 Å². The Balaban J connectivity index is 1.91. The van der Waals surface area contributed by atoms with Crippen LogP contribution in [0.15, 0.2) is 18.3 Å². The van der Waals surface area contributed by atoms with E-state index in [1.54, 1.807) is 10.4 Å². The molecule has 1 atom stereocenters. The molecule has 20 heavy (non-hydrogen) atoms. The van der Waals surface area contributed by atoms with Crippen LogP contribution in [0.4, 0.5) is 0 Å². The maximum Gasteiger partial charge on any atom is 0.0863 e. The van der Waals surface area contributed by atoms with Gasteiger partial charge in [0.15, 0.2) is 0 Å². The Bertz CT molecular complexity index is 547. The number of hydrogen-bond acceptors (Lipinski definition) is 3. The SMILES string of the molecule is CCNC(c1ccn(C)n1)c1cc2c(s1)CCCCC2. The van der Waals surface area contributed by atoms with E-state index < -0.39 is 0 Å². The van der Waals surface area contributed by atoms with E-state index in [1.807, 2.05) is 29.3 Å². The number of nitrogens with one attached hydrogen (secondary N) is 1. The zero-order chi connectivity index (χ0) is 13.9. The van der Waals surface area contributed by atoms with Gasteiger partial charge in [-0.15, -0.1) is 11.3 Å². The Morgan fingerprint density at radius 3 is 2.95 bits per heavy atom. The fraction of sp³-hybridized carbons (Fsp3) is 0.562. The Kier molecular flexibility index (Phi) is 4.22. The number of fused-ring (bicyclic) bond motifs is 1. The van der Waals surface area contributed by atoms with Crippen LogP contribution in [0.25, 0.3) is 0 Å². The summed E-state index contributed by atoms with van der Waals surface area (Å²) >= 11 is 1.99. The van der Waals surface area contributed by atoms with Gasteiger partial charge in [-0.1, -0.05) is 13.3 Å². The van der Waals surface area contributed by atoms with Crippen LogP contribution in [0.2, 0.25) is 0 Å². The van der Waals surface area contributed by atoms with Crippen LogP contribution in [0.5, 0.6) is 0 Å². The summed E-state index contributed by atoms with van der Waals surface area (Å²) in [6.07, 6.45) is 8.63. The molecule has 2 aromatic rings. The third-order valence-electron chi connectivity index (χ3n) is 3.99. The van der Waals surface area contributed by atoms with Gasteiger partial charge in [0.05, 0.1) is 11.7 Å². The van der Waals surface area contributed by atoms with Gasteiger partial charge in [-0.2, -0.15) is 5.10 Å². The van der Waals surface area contributed by atoms with Gasteiger partial charge in [-0.3, -0.25) is 4.68 Å². The third kappa shape index (κ3) is 2.81. The summed E-state index contributed by atoms with van der Waals surface area (Å²) in [6.45, 7) is 3.12. The zero-order valence-electron chi connectivity index (χ0n) is 12.4. The van der Waals surface area contributed by atoms with Gasteiger partial charge in [0.25, 0.3) is 0 Å². The number of aromatic nitrogens is 2. The first kappa shape index (κ1) is 13.8. The fourth-order valence-electron chi connectivity index (χ4n) is 2.97. The van der Waals surface area contributed by atoms with Gasteiger partial charge in [-0.05, 0) is 49.9 Å². The molecule has 0 amide bonds. The maximum absolute atomic E-state index is 4.59. The maximum atomic E-state index is 4.59. The summed E-state index contributed by atoms with van der Waals surface area (Å²) in [6, 6.07) is 4.80. The first-order valence-corrected chi connectivity index (χ1v) is 8.44. The van der Waals surface area contributed by atoms with Crippen LogP contribution < -0.4 is 5.32 Å². The van der Waals surface area contributed by atoms with Crippen LogP contribution in [0.1, 0.15) is 53.2 Å². The van der Waals surface area contributed by atoms with Gasteiger partial charge < -0.3 is 5.32 Å². The summed E-state index contributed by atoms with van der Waals surface area (Å²) < 4.78 is 1.89. The molecule has 1 aliphatic rings. The minimum Gasteiger partial charge on any atom is -0.305 e. The second kappa shape index (κ2) is 6.10. The molecule has 3 rings (SSSR count). The van der Waals surface area contributed by atoms with Crippen molar-refractivity contribution in [1.29, 1.82) is 0 Å². The van der Waals surface area contributed by atoms with Crippen molar-refractivity contribution in [2.24, 2.45) is 7.05 Å². The lowest BCUT2D eigenvalue weighted by Gasteiger charge is -2.13. The highest BCUT2D eigenvalue weighted by Gasteiger charge is 2.21. The van der Waals surface area contributed by atoms with Crippen molar-refractivity contribution in [2.75, 3.05) is 6.54 Å². The Labute approximate surface area is 125 Å². The molecule has 0 radical (unpaired) electrons. The summed E-state index contributed by atoms with van der Waals surface area (Å²) in [5.41, 5.74) is 2.71. The van der Waals surface area contributed by atoms with E-state index >= 15 is 0 Å². The molecule has 1 N–H and O–H groups in total. The smallest absolute Gasteiger partial charge is 0.0863 e. The Hall–Kier alpha value is -1.13. The molecule has 1 unspecified atom stereocenters. The lowest BCUT2D eigenvalue weighted by molar-refractivity contribution is 0.607. The highest BCUT2D eigenvalue weighted by molar-refractivity contribution is 7.12. The molecule has 2 heterocycles. The van der Waals surface area contributed by atoms with Crippen molar-refractivity contribution < 1.29 is 0 Å². The highest BCUT2D eigenvalue weighted by atomic mass is 32.1. The van der Waals surface area contributed by atoms with E-state index in [1.165, 1.54) is 37.0 Å². The predicted octanol–water partition coefficient (Wildman–Crippen LogP) is 3.45. The zero-order valence-corrected chi connectivity index (χ0v) is 13.2. The lowest BCUT2D eigenvalue weighted by atomic mass is 10.1. The summed E-state index contributed by atoms with van der Waals surface area (Å²) in [5.74, 6) is 0. The van der Waals surface area contributed by atoms with Crippen molar-refractivity contribution in [3.63, 3.8) is 0 Å². The van der Waals surface area contributed by atoms with Crippen molar-refractivity contribution in [3.8, 4) is 0 Å². The first-order valence-electron chi connectivity index (χ1n) is 7.62. The van der Waals surface area contributed by atoms with E-state index in [4.69, 9.17) is 0 Å². The van der Waals surface area contributed by atoms with Gasteiger partial charge in [-0.25, -0.2) is 0 Å². The summed E-state index contributed by atoms with van der Waals surface area (Å²) in [4.78, 5) is 3.04. The molecule has 108 valence electrons. The van der Waals surface area contributed by atoms with Crippen LogP contribution >= 0.6 is 11.3 Å². The number of hydrogen-bond donors (Lipinski definition) is 1. The molecule has 1 aliphatic carbocycles. The molecule has 0 aromatic carbocycles. The Morgan fingerprint density at radius 1 is 1.35 bits per heavy atom. The quantitative estimate of drug-likeness (QED) is 0.874. The molecule has 2 aromatic heterocycles. The largest absolute Gasteiger partial charge is 0.305 e. The summed E-state index contributed by atoms with van der Waals surface area (Å²) in [5, 5.41) is 8.18. The van der Waals surface area contributed by atoms with Gasteiger partial charge >= 0.3 is 0 Å². The number of nitrogens with zero attached hydrogens (tertiary/aromatic N) is 2.